The largest absolute Gasteiger partial charge is 0.478 e. The first-order valence-corrected chi connectivity index (χ1v) is 7.21. The van der Waals surface area contributed by atoms with Crippen LogP contribution in [-0.2, 0) is 0 Å². The highest BCUT2D eigenvalue weighted by Crippen LogP contribution is 2.42. The SMILES string of the molecule is CSC1(CNc2cc(N)ccc2C(=O)O)CCC1. The van der Waals surface area contributed by atoms with Crippen LogP contribution < -0.4 is 11.1 Å². The summed E-state index contributed by atoms with van der Waals surface area (Å²) < 4.78 is 0.264. The van der Waals surface area contributed by atoms with Crippen molar-refractivity contribution in [3.63, 3.8) is 0 Å². The van der Waals surface area contributed by atoms with Crippen molar-refractivity contribution < 1.29 is 9.90 Å². The van der Waals surface area contributed by atoms with Crippen LogP contribution in [0.2, 0.25) is 0 Å². The van der Waals surface area contributed by atoms with Gasteiger partial charge in [-0.05, 0) is 37.3 Å². The van der Waals surface area contributed by atoms with Gasteiger partial charge >= 0.3 is 5.97 Å². The highest BCUT2D eigenvalue weighted by Gasteiger charge is 2.36. The first-order valence-electron chi connectivity index (χ1n) is 5.98. The van der Waals surface area contributed by atoms with Crippen LogP contribution in [0.3, 0.4) is 0 Å². The highest BCUT2D eigenvalue weighted by molar-refractivity contribution is 8.00. The van der Waals surface area contributed by atoms with Gasteiger partial charge in [0.2, 0.25) is 0 Å². The third-order valence-corrected chi connectivity index (χ3v) is 4.99. The minimum Gasteiger partial charge on any atom is -0.478 e. The first-order chi connectivity index (χ1) is 8.56. The molecule has 1 aliphatic carbocycles. The predicted molar refractivity (Wildman–Crippen MR) is 76.4 cm³/mol. The van der Waals surface area contributed by atoms with Gasteiger partial charge in [0.25, 0.3) is 0 Å². The van der Waals surface area contributed by atoms with Crippen LogP contribution >= 0.6 is 11.8 Å². The average molecular weight is 266 g/mol. The van der Waals surface area contributed by atoms with Crippen molar-refractivity contribution in [2.75, 3.05) is 23.9 Å². The summed E-state index contributed by atoms with van der Waals surface area (Å²) in [6.07, 6.45) is 5.74. The molecule has 4 nitrogen and oxygen atoms in total. The van der Waals surface area contributed by atoms with E-state index in [-0.39, 0.29) is 10.3 Å². The number of benzene rings is 1. The molecule has 0 aliphatic heterocycles. The number of carboxylic acids is 1. The first kappa shape index (κ1) is 13.1. The molecule has 1 saturated carbocycles. The lowest BCUT2D eigenvalue weighted by Gasteiger charge is -2.40. The van der Waals surface area contributed by atoms with Crippen LogP contribution in [0.1, 0.15) is 29.6 Å². The molecule has 0 spiro atoms. The van der Waals surface area contributed by atoms with Gasteiger partial charge in [-0.15, -0.1) is 0 Å². The summed E-state index contributed by atoms with van der Waals surface area (Å²) in [6.45, 7) is 0.790. The average Bonchev–Trinajstić information content (AvgIpc) is 2.28. The zero-order valence-electron chi connectivity index (χ0n) is 10.4. The summed E-state index contributed by atoms with van der Waals surface area (Å²) in [4.78, 5) is 11.1. The van der Waals surface area contributed by atoms with Gasteiger partial charge in [0.15, 0.2) is 0 Å². The Labute approximate surface area is 111 Å². The van der Waals surface area contributed by atoms with Gasteiger partial charge in [-0.3, -0.25) is 0 Å². The second kappa shape index (κ2) is 5.10. The minimum absolute atomic E-state index is 0.264. The Kier molecular flexibility index (Phi) is 3.71. The lowest BCUT2D eigenvalue weighted by atomic mass is 9.84. The van der Waals surface area contributed by atoms with E-state index in [2.05, 4.69) is 11.6 Å². The van der Waals surface area contributed by atoms with Gasteiger partial charge in [-0.1, -0.05) is 6.42 Å². The van der Waals surface area contributed by atoms with Crippen molar-refractivity contribution in [2.24, 2.45) is 0 Å². The molecule has 18 heavy (non-hydrogen) atoms. The number of hydrogen-bond donors (Lipinski definition) is 3. The number of nitrogens with one attached hydrogen (secondary N) is 1. The third-order valence-electron chi connectivity index (χ3n) is 3.57. The van der Waals surface area contributed by atoms with E-state index < -0.39 is 5.97 Å². The molecule has 0 amide bonds. The molecule has 0 bridgehead atoms. The maximum absolute atomic E-state index is 11.1. The highest BCUT2D eigenvalue weighted by atomic mass is 32.2. The Hall–Kier alpha value is -1.36. The smallest absolute Gasteiger partial charge is 0.337 e. The van der Waals surface area contributed by atoms with Crippen molar-refractivity contribution in [2.45, 2.75) is 24.0 Å². The Bertz CT molecular complexity index is 453. The molecule has 1 fully saturated rings. The van der Waals surface area contributed by atoms with Gasteiger partial charge in [0, 0.05) is 17.0 Å². The summed E-state index contributed by atoms with van der Waals surface area (Å²) in [5.41, 5.74) is 7.18. The van der Waals surface area contributed by atoms with Gasteiger partial charge in [-0.2, -0.15) is 11.8 Å². The molecule has 4 N–H and O–H groups in total. The van der Waals surface area contributed by atoms with Crippen LogP contribution in [0.5, 0.6) is 0 Å². The summed E-state index contributed by atoms with van der Waals surface area (Å²) in [5, 5.41) is 12.4. The lowest BCUT2D eigenvalue weighted by molar-refractivity contribution is 0.0698. The van der Waals surface area contributed by atoms with Crippen molar-refractivity contribution in [1.29, 1.82) is 0 Å². The molecule has 0 unspecified atom stereocenters. The fraction of sp³-hybridized carbons (Fsp3) is 0.462. The Balaban J connectivity index is 2.12. The summed E-state index contributed by atoms with van der Waals surface area (Å²) in [5.74, 6) is -0.927. The number of anilines is 2. The zero-order valence-corrected chi connectivity index (χ0v) is 11.2. The Morgan fingerprint density at radius 2 is 2.28 bits per heavy atom. The molecule has 0 atom stereocenters. The molecule has 1 aromatic carbocycles. The number of nitrogens with two attached hydrogens (primary N) is 1. The summed E-state index contributed by atoms with van der Waals surface area (Å²) in [6, 6.07) is 4.85. The molecule has 5 heteroatoms. The molecule has 0 radical (unpaired) electrons. The molecule has 0 saturated heterocycles. The van der Waals surface area contributed by atoms with Crippen LogP contribution in [0.4, 0.5) is 11.4 Å². The summed E-state index contributed by atoms with van der Waals surface area (Å²) >= 11 is 1.86. The van der Waals surface area contributed by atoms with Crippen molar-refractivity contribution in [3.05, 3.63) is 23.8 Å². The molecule has 2 rings (SSSR count). The number of carbonyl (C=O) groups is 1. The van der Waals surface area contributed by atoms with Crippen molar-refractivity contribution in [3.8, 4) is 0 Å². The fourth-order valence-electron chi connectivity index (χ4n) is 2.18. The van der Waals surface area contributed by atoms with E-state index in [1.165, 1.54) is 19.3 Å². The van der Waals surface area contributed by atoms with Crippen LogP contribution in [0, 0.1) is 0 Å². The van der Waals surface area contributed by atoms with Crippen LogP contribution in [0.15, 0.2) is 18.2 Å². The molecule has 1 aromatic rings. The Morgan fingerprint density at radius 1 is 1.56 bits per heavy atom. The molecule has 98 valence electrons. The number of aromatic carboxylic acids is 1. The van der Waals surface area contributed by atoms with E-state index in [4.69, 9.17) is 10.8 Å². The third kappa shape index (κ3) is 2.56. The van der Waals surface area contributed by atoms with E-state index in [0.717, 1.165) is 6.54 Å². The van der Waals surface area contributed by atoms with Gasteiger partial charge in [0.05, 0.1) is 11.3 Å². The number of rotatable bonds is 5. The number of thioether (sulfide) groups is 1. The second-order valence-corrected chi connectivity index (χ2v) is 5.98. The predicted octanol–water partition coefficient (Wildman–Crippen LogP) is 2.66. The minimum atomic E-state index is -0.927. The second-order valence-electron chi connectivity index (χ2n) is 4.70. The van der Waals surface area contributed by atoms with E-state index in [9.17, 15) is 4.79 Å². The van der Waals surface area contributed by atoms with E-state index in [1.54, 1.807) is 18.2 Å². The normalized spacial score (nSPS) is 16.9. The molecule has 0 aromatic heterocycles. The van der Waals surface area contributed by atoms with Crippen molar-refractivity contribution in [1.82, 2.24) is 0 Å². The maximum Gasteiger partial charge on any atom is 0.337 e. The molecular formula is C13H18N2O2S. The van der Waals surface area contributed by atoms with Gasteiger partial charge in [0.1, 0.15) is 0 Å². The lowest BCUT2D eigenvalue weighted by Crippen LogP contribution is -2.40. The van der Waals surface area contributed by atoms with Gasteiger partial charge < -0.3 is 16.2 Å². The Morgan fingerprint density at radius 3 is 2.78 bits per heavy atom. The molecule has 1 aliphatic rings. The van der Waals surface area contributed by atoms with Crippen LogP contribution in [-0.4, -0.2) is 28.6 Å². The molecular weight excluding hydrogens is 248 g/mol. The molecule has 0 heterocycles. The van der Waals surface area contributed by atoms with E-state index in [1.807, 2.05) is 11.8 Å². The fourth-order valence-corrected chi connectivity index (χ4v) is 3.09. The topological polar surface area (TPSA) is 75.3 Å². The zero-order chi connectivity index (χ0) is 13.2. The number of carboxylic acid groups (broad SMARTS) is 1. The number of hydrogen-bond acceptors (Lipinski definition) is 4. The van der Waals surface area contributed by atoms with Crippen molar-refractivity contribution >= 4 is 29.1 Å². The standard InChI is InChI=1S/C13H18N2O2S/c1-18-13(5-2-6-13)8-15-11-7-9(14)3-4-10(11)12(16)17/h3-4,7,15H,2,5-6,8,14H2,1H3,(H,16,17). The monoisotopic (exact) mass is 266 g/mol. The van der Waals surface area contributed by atoms with E-state index in [0.29, 0.717) is 11.4 Å². The maximum atomic E-state index is 11.1. The quantitative estimate of drug-likeness (QED) is 0.714. The number of nitrogen functional groups attached to an aromatic ring is 1. The van der Waals surface area contributed by atoms with Crippen LogP contribution in [0.25, 0.3) is 0 Å². The van der Waals surface area contributed by atoms with Gasteiger partial charge in [-0.25, -0.2) is 4.79 Å². The van der Waals surface area contributed by atoms with E-state index >= 15 is 0 Å². The summed E-state index contributed by atoms with van der Waals surface area (Å²) in [7, 11) is 0.